The van der Waals surface area contributed by atoms with E-state index in [0.717, 1.165) is 41.8 Å². The molecule has 1 amide bonds. The van der Waals surface area contributed by atoms with Gasteiger partial charge in [-0.3, -0.25) is 4.79 Å². The summed E-state index contributed by atoms with van der Waals surface area (Å²) in [6, 6.07) is 14.4. The Morgan fingerprint density at radius 1 is 1.20 bits per heavy atom. The summed E-state index contributed by atoms with van der Waals surface area (Å²) in [4.78, 5) is 22.4. The minimum absolute atomic E-state index is 0.0590. The van der Waals surface area contributed by atoms with Crippen LogP contribution < -0.4 is 0 Å². The van der Waals surface area contributed by atoms with E-state index in [-0.39, 0.29) is 17.8 Å². The molecule has 5 heteroatoms. The number of aromatic nitrogens is 2. The van der Waals surface area contributed by atoms with E-state index in [1.54, 1.807) is 12.1 Å². The number of nitrogens with zero attached hydrogens (tertiary/aromatic N) is 2. The predicted molar refractivity (Wildman–Crippen MR) is 94.5 cm³/mol. The van der Waals surface area contributed by atoms with Crippen LogP contribution in [-0.2, 0) is 11.2 Å². The van der Waals surface area contributed by atoms with Crippen LogP contribution in [0.3, 0.4) is 0 Å². The number of aryl methyl sites for hydroxylation is 1. The maximum atomic E-state index is 13.1. The number of halogens is 1. The van der Waals surface area contributed by atoms with Gasteiger partial charge in [-0.2, -0.15) is 0 Å². The third-order valence-electron chi connectivity index (χ3n) is 4.84. The summed E-state index contributed by atoms with van der Waals surface area (Å²) in [6.07, 6.45) is 2.94. The number of rotatable bonds is 4. The van der Waals surface area contributed by atoms with Gasteiger partial charge in [-0.15, -0.1) is 0 Å². The zero-order valence-corrected chi connectivity index (χ0v) is 13.9. The number of hydrogen-bond donors (Lipinski definition) is 1. The predicted octanol–water partition coefficient (Wildman–Crippen LogP) is 4.00. The van der Waals surface area contributed by atoms with Crippen molar-refractivity contribution in [2.75, 3.05) is 6.54 Å². The van der Waals surface area contributed by atoms with Crippen LogP contribution in [-0.4, -0.2) is 27.3 Å². The number of aromatic amines is 1. The Morgan fingerprint density at radius 2 is 2.00 bits per heavy atom. The molecule has 1 aliphatic rings. The van der Waals surface area contributed by atoms with Crippen LogP contribution in [0.2, 0.25) is 0 Å². The summed E-state index contributed by atoms with van der Waals surface area (Å²) in [7, 11) is 0. The zero-order chi connectivity index (χ0) is 17.2. The highest BCUT2D eigenvalue weighted by Crippen LogP contribution is 2.32. The molecule has 1 aliphatic heterocycles. The zero-order valence-electron chi connectivity index (χ0n) is 13.9. The van der Waals surface area contributed by atoms with Gasteiger partial charge in [-0.05, 0) is 42.7 Å². The van der Waals surface area contributed by atoms with E-state index in [4.69, 9.17) is 0 Å². The van der Waals surface area contributed by atoms with Gasteiger partial charge < -0.3 is 9.88 Å². The number of hydrogen-bond acceptors (Lipinski definition) is 2. The van der Waals surface area contributed by atoms with Crippen molar-refractivity contribution in [2.24, 2.45) is 0 Å². The van der Waals surface area contributed by atoms with Crippen molar-refractivity contribution in [2.45, 2.75) is 31.7 Å². The van der Waals surface area contributed by atoms with Crippen LogP contribution >= 0.6 is 0 Å². The van der Waals surface area contributed by atoms with E-state index in [1.165, 1.54) is 12.1 Å². The standard InChI is InChI=1S/C20H20FN3O/c21-15-9-7-14(8-10-15)18-6-3-13-24(18)20(25)12-11-19-22-16-4-1-2-5-17(16)23-19/h1-2,4-5,7-10,18H,3,6,11-13H2,(H,22,23). The van der Waals surface area contributed by atoms with Crippen LogP contribution in [0.1, 0.15) is 36.7 Å². The Morgan fingerprint density at radius 3 is 2.80 bits per heavy atom. The van der Waals surface area contributed by atoms with E-state index in [0.29, 0.717) is 12.8 Å². The molecule has 1 unspecified atom stereocenters. The van der Waals surface area contributed by atoms with E-state index in [9.17, 15) is 9.18 Å². The first-order chi connectivity index (χ1) is 12.2. The number of imidazole rings is 1. The van der Waals surface area contributed by atoms with Crippen molar-refractivity contribution < 1.29 is 9.18 Å². The topological polar surface area (TPSA) is 49.0 Å². The largest absolute Gasteiger partial charge is 0.342 e. The Balaban J connectivity index is 1.43. The number of nitrogens with one attached hydrogen (secondary N) is 1. The van der Waals surface area contributed by atoms with Gasteiger partial charge >= 0.3 is 0 Å². The molecule has 3 aromatic rings. The first-order valence-electron chi connectivity index (χ1n) is 8.69. The molecule has 25 heavy (non-hydrogen) atoms. The molecule has 128 valence electrons. The van der Waals surface area contributed by atoms with Crippen molar-refractivity contribution in [3.8, 4) is 0 Å². The smallest absolute Gasteiger partial charge is 0.223 e. The molecule has 0 aliphatic carbocycles. The van der Waals surface area contributed by atoms with Gasteiger partial charge in [0, 0.05) is 19.4 Å². The van der Waals surface area contributed by atoms with Gasteiger partial charge in [-0.25, -0.2) is 9.37 Å². The monoisotopic (exact) mass is 337 g/mol. The number of fused-ring (bicyclic) bond motifs is 1. The molecule has 1 N–H and O–H groups in total. The van der Waals surface area contributed by atoms with Crippen molar-refractivity contribution in [1.82, 2.24) is 14.9 Å². The highest BCUT2D eigenvalue weighted by Gasteiger charge is 2.29. The molecular weight excluding hydrogens is 317 g/mol. The lowest BCUT2D eigenvalue weighted by Crippen LogP contribution is -2.30. The Labute approximate surface area is 145 Å². The van der Waals surface area contributed by atoms with Crippen molar-refractivity contribution >= 4 is 16.9 Å². The maximum absolute atomic E-state index is 13.1. The summed E-state index contributed by atoms with van der Waals surface area (Å²) in [6.45, 7) is 0.765. The molecule has 4 rings (SSSR count). The Bertz CT molecular complexity index is 854. The van der Waals surface area contributed by atoms with Crippen molar-refractivity contribution in [1.29, 1.82) is 0 Å². The molecule has 2 heterocycles. The molecule has 0 radical (unpaired) electrons. The van der Waals surface area contributed by atoms with Crippen LogP contribution in [0, 0.1) is 5.82 Å². The summed E-state index contributed by atoms with van der Waals surface area (Å²) < 4.78 is 13.1. The third-order valence-corrected chi connectivity index (χ3v) is 4.84. The highest BCUT2D eigenvalue weighted by atomic mass is 19.1. The Kier molecular flexibility index (Phi) is 4.22. The van der Waals surface area contributed by atoms with Crippen molar-refractivity contribution in [3.05, 3.63) is 65.7 Å². The summed E-state index contributed by atoms with van der Waals surface area (Å²) >= 11 is 0. The van der Waals surface area contributed by atoms with E-state index < -0.39 is 0 Å². The van der Waals surface area contributed by atoms with Crippen LogP contribution in [0.4, 0.5) is 4.39 Å². The maximum Gasteiger partial charge on any atom is 0.223 e. The fraction of sp³-hybridized carbons (Fsp3) is 0.300. The first kappa shape index (κ1) is 15.8. The van der Waals surface area contributed by atoms with Gasteiger partial charge in [0.25, 0.3) is 0 Å². The average molecular weight is 337 g/mol. The number of carbonyl (C=O) groups excluding carboxylic acids is 1. The molecule has 1 aromatic heterocycles. The lowest BCUT2D eigenvalue weighted by Gasteiger charge is -2.25. The minimum atomic E-state index is -0.246. The molecule has 1 atom stereocenters. The molecule has 4 nitrogen and oxygen atoms in total. The van der Waals surface area contributed by atoms with Gasteiger partial charge in [0.2, 0.25) is 5.91 Å². The summed E-state index contributed by atoms with van der Waals surface area (Å²) in [5.41, 5.74) is 2.93. The molecule has 1 saturated heterocycles. The molecule has 0 saturated carbocycles. The fourth-order valence-corrected chi connectivity index (χ4v) is 3.59. The number of likely N-dealkylation sites (tertiary alicyclic amines) is 1. The number of amides is 1. The quantitative estimate of drug-likeness (QED) is 0.782. The van der Waals surface area contributed by atoms with Gasteiger partial charge in [0.15, 0.2) is 0 Å². The molecular formula is C20H20FN3O. The van der Waals surface area contributed by atoms with Gasteiger partial charge in [0.05, 0.1) is 17.1 Å². The number of H-pyrrole nitrogens is 1. The number of para-hydroxylation sites is 2. The van der Waals surface area contributed by atoms with E-state index in [1.807, 2.05) is 29.2 Å². The highest BCUT2D eigenvalue weighted by molar-refractivity contribution is 5.78. The van der Waals surface area contributed by atoms with E-state index in [2.05, 4.69) is 9.97 Å². The SMILES string of the molecule is O=C(CCc1nc2ccccc2[nH]1)N1CCCC1c1ccc(F)cc1. The second-order valence-electron chi connectivity index (χ2n) is 6.50. The summed E-state index contributed by atoms with van der Waals surface area (Å²) in [5.74, 6) is 0.726. The van der Waals surface area contributed by atoms with Crippen LogP contribution in [0.5, 0.6) is 0 Å². The van der Waals surface area contributed by atoms with E-state index >= 15 is 0 Å². The second kappa shape index (κ2) is 6.67. The van der Waals surface area contributed by atoms with Crippen LogP contribution in [0.25, 0.3) is 11.0 Å². The molecule has 0 spiro atoms. The molecule has 0 bridgehead atoms. The lowest BCUT2D eigenvalue weighted by atomic mass is 10.0. The number of carbonyl (C=O) groups is 1. The number of benzene rings is 2. The fourth-order valence-electron chi connectivity index (χ4n) is 3.59. The third kappa shape index (κ3) is 3.27. The van der Waals surface area contributed by atoms with Crippen LogP contribution in [0.15, 0.2) is 48.5 Å². The van der Waals surface area contributed by atoms with Gasteiger partial charge in [-0.1, -0.05) is 24.3 Å². The molecule has 1 fully saturated rings. The Hall–Kier alpha value is -2.69. The van der Waals surface area contributed by atoms with Crippen molar-refractivity contribution in [3.63, 3.8) is 0 Å². The average Bonchev–Trinajstić information content (AvgIpc) is 3.27. The first-order valence-corrected chi connectivity index (χ1v) is 8.69. The normalized spacial score (nSPS) is 17.3. The minimum Gasteiger partial charge on any atom is -0.342 e. The second-order valence-corrected chi connectivity index (χ2v) is 6.50. The molecule has 2 aromatic carbocycles. The lowest BCUT2D eigenvalue weighted by molar-refractivity contribution is -0.132. The summed E-state index contributed by atoms with van der Waals surface area (Å²) in [5, 5.41) is 0. The van der Waals surface area contributed by atoms with Gasteiger partial charge in [0.1, 0.15) is 11.6 Å².